The van der Waals surface area contributed by atoms with E-state index in [1.165, 1.54) is 30.4 Å². The molecule has 0 fully saturated rings. The maximum absolute atomic E-state index is 9.47. The molecule has 0 amide bonds. The SMILES string of the molecule is C=C(C)CC(CO)C(C)C1CC=C(C)CC1. The summed E-state index contributed by atoms with van der Waals surface area (Å²) in [5, 5.41) is 9.47. The van der Waals surface area contributed by atoms with E-state index in [1.54, 1.807) is 0 Å². The van der Waals surface area contributed by atoms with Crippen molar-refractivity contribution in [1.29, 1.82) is 0 Å². The Balaban J connectivity index is 2.54. The average molecular weight is 222 g/mol. The van der Waals surface area contributed by atoms with Crippen LogP contribution >= 0.6 is 0 Å². The summed E-state index contributed by atoms with van der Waals surface area (Å²) in [5.74, 6) is 1.75. The Morgan fingerprint density at radius 2 is 2.31 bits per heavy atom. The highest BCUT2D eigenvalue weighted by atomic mass is 16.3. The van der Waals surface area contributed by atoms with Gasteiger partial charge < -0.3 is 5.11 Å². The molecule has 1 aliphatic carbocycles. The van der Waals surface area contributed by atoms with Gasteiger partial charge in [-0.1, -0.05) is 24.1 Å². The molecule has 0 saturated carbocycles. The molecule has 3 atom stereocenters. The van der Waals surface area contributed by atoms with E-state index in [-0.39, 0.29) is 0 Å². The van der Waals surface area contributed by atoms with Crippen molar-refractivity contribution in [3.63, 3.8) is 0 Å². The third-order valence-corrected chi connectivity index (χ3v) is 4.01. The first kappa shape index (κ1) is 13.5. The van der Waals surface area contributed by atoms with Crippen molar-refractivity contribution in [2.24, 2.45) is 17.8 Å². The van der Waals surface area contributed by atoms with E-state index in [0.717, 1.165) is 12.3 Å². The van der Waals surface area contributed by atoms with Gasteiger partial charge in [-0.2, -0.15) is 0 Å². The monoisotopic (exact) mass is 222 g/mol. The first-order chi connectivity index (χ1) is 7.54. The fourth-order valence-electron chi connectivity index (χ4n) is 2.71. The molecule has 0 aliphatic heterocycles. The van der Waals surface area contributed by atoms with Crippen LogP contribution in [-0.4, -0.2) is 11.7 Å². The van der Waals surface area contributed by atoms with Gasteiger partial charge in [0.05, 0.1) is 0 Å². The minimum atomic E-state index is 0.299. The standard InChI is InChI=1S/C15H26O/c1-11(2)9-15(10-16)13(4)14-7-5-12(3)6-8-14/h5,13-16H,1,6-10H2,2-4H3. The van der Waals surface area contributed by atoms with Gasteiger partial charge in [-0.25, -0.2) is 0 Å². The van der Waals surface area contributed by atoms with Gasteiger partial charge in [0.25, 0.3) is 0 Å². The largest absolute Gasteiger partial charge is 0.396 e. The molecule has 92 valence electrons. The second-order valence-corrected chi connectivity index (χ2v) is 5.55. The molecular weight excluding hydrogens is 196 g/mol. The number of hydrogen-bond acceptors (Lipinski definition) is 1. The predicted octanol–water partition coefficient (Wildman–Crippen LogP) is 3.94. The lowest BCUT2D eigenvalue weighted by atomic mass is 9.74. The van der Waals surface area contributed by atoms with E-state index in [9.17, 15) is 5.11 Å². The van der Waals surface area contributed by atoms with Gasteiger partial charge in [-0.05, 0) is 57.3 Å². The third kappa shape index (κ3) is 3.79. The molecule has 0 saturated heterocycles. The van der Waals surface area contributed by atoms with Crippen molar-refractivity contribution < 1.29 is 5.11 Å². The normalized spacial score (nSPS) is 24.8. The van der Waals surface area contributed by atoms with E-state index in [1.807, 2.05) is 0 Å². The Morgan fingerprint density at radius 3 is 2.75 bits per heavy atom. The van der Waals surface area contributed by atoms with Crippen molar-refractivity contribution in [3.05, 3.63) is 23.8 Å². The maximum Gasteiger partial charge on any atom is 0.0464 e. The second kappa shape index (κ2) is 6.24. The maximum atomic E-state index is 9.47. The minimum Gasteiger partial charge on any atom is -0.396 e. The van der Waals surface area contributed by atoms with Gasteiger partial charge in [0, 0.05) is 6.61 Å². The fourth-order valence-corrected chi connectivity index (χ4v) is 2.71. The summed E-state index contributed by atoms with van der Waals surface area (Å²) in [6, 6.07) is 0. The molecule has 0 aromatic carbocycles. The highest BCUT2D eigenvalue weighted by Crippen LogP contribution is 2.34. The lowest BCUT2D eigenvalue weighted by Crippen LogP contribution is -2.25. The quantitative estimate of drug-likeness (QED) is 0.698. The Bertz CT molecular complexity index is 265. The lowest BCUT2D eigenvalue weighted by Gasteiger charge is -2.32. The van der Waals surface area contributed by atoms with Gasteiger partial charge in [-0.3, -0.25) is 0 Å². The van der Waals surface area contributed by atoms with E-state index in [0.29, 0.717) is 18.4 Å². The fraction of sp³-hybridized carbons (Fsp3) is 0.733. The molecule has 0 bridgehead atoms. The van der Waals surface area contributed by atoms with Crippen LogP contribution < -0.4 is 0 Å². The summed E-state index contributed by atoms with van der Waals surface area (Å²) < 4.78 is 0. The lowest BCUT2D eigenvalue weighted by molar-refractivity contribution is 0.139. The van der Waals surface area contributed by atoms with Crippen LogP contribution in [0.25, 0.3) is 0 Å². The Morgan fingerprint density at radius 1 is 1.62 bits per heavy atom. The molecule has 1 heteroatoms. The van der Waals surface area contributed by atoms with Gasteiger partial charge >= 0.3 is 0 Å². The van der Waals surface area contributed by atoms with Crippen molar-refractivity contribution in [2.75, 3.05) is 6.61 Å². The Kier molecular flexibility index (Phi) is 5.27. The van der Waals surface area contributed by atoms with Crippen LogP contribution in [-0.2, 0) is 0 Å². The van der Waals surface area contributed by atoms with Gasteiger partial charge in [-0.15, -0.1) is 6.58 Å². The van der Waals surface area contributed by atoms with Crippen LogP contribution in [0.5, 0.6) is 0 Å². The molecule has 0 aromatic heterocycles. The average Bonchev–Trinajstić information content (AvgIpc) is 2.25. The summed E-state index contributed by atoms with van der Waals surface area (Å²) in [6.45, 7) is 10.8. The van der Waals surface area contributed by atoms with E-state index in [4.69, 9.17) is 0 Å². The van der Waals surface area contributed by atoms with Gasteiger partial charge in [0.15, 0.2) is 0 Å². The molecule has 1 nitrogen and oxygen atoms in total. The molecule has 16 heavy (non-hydrogen) atoms. The van der Waals surface area contributed by atoms with Crippen LogP contribution in [0.15, 0.2) is 23.8 Å². The zero-order valence-electron chi connectivity index (χ0n) is 11.0. The molecule has 1 N–H and O–H groups in total. The van der Waals surface area contributed by atoms with Crippen molar-refractivity contribution in [2.45, 2.75) is 46.5 Å². The summed E-state index contributed by atoms with van der Waals surface area (Å²) in [7, 11) is 0. The Hall–Kier alpha value is -0.560. The molecule has 0 aromatic rings. The number of rotatable bonds is 5. The number of aliphatic hydroxyl groups excluding tert-OH is 1. The molecule has 0 radical (unpaired) electrons. The summed E-state index contributed by atoms with van der Waals surface area (Å²) in [6.07, 6.45) is 7.06. The van der Waals surface area contributed by atoms with Crippen LogP contribution in [0.4, 0.5) is 0 Å². The smallest absolute Gasteiger partial charge is 0.0464 e. The van der Waals surface area contributed by atoms with Crippen LogP contribution in [0, 0.1) is 17.8 Å². The van der Waals surface area contributed by atoms with E-state index >= 15 is 0 Å². The minimum absolute atomic E-state index is 0.299. The number of hydrogen-bond donors (Lipinski definition) is 1. The van der Waals surface area contributed by atoms with E-state index < -0.39 is 0 Å². The molecule has 3 unspecified atom stereocenters. The predicted molar refractivity (Wildman–Crippen MR) is 70.3 cm³/mol. The zero-order valence-corrected chi connectivity index (χ0v) is 11.0. The number of aliphatic hydroxyl groups is 1. The first-order valence-electron chi connectivity index (χ1n) is 6.45. The van der Waals surface area contributed by atoms with Crippen LogP contribution in [0.3, 0.4) is 0 Å². The van der Waals surface area contributed by atoms with Crippen molar-refractivity contribution in [1.82, 2.24) is 0 Å². The highest BCUT2D eigenvalue weighted by Gasteiger charge is 2.26. The molecule has 1 rings (SSSR count). The zero-order chi connectivity index (χ0) is 12.1. The van der Waals surface area contributed by atoms with Gasteiger partial charge in [0.2, 0.25) is 0 Å². The van der Waals surface area contributed by atoms with Gasteiger partial charge in [0.1, 0.15) is 0 Å². The summed E-state index contributed by atoms with van der Waals surface area (Å²) in [4.78, 5) is 0. The topological polar surface area (TPSA) is 20.2 Å². The molecular formula is C15H26O. The summed E-state index contributed by atoms with van der Waals surface area (Å²) >= 11 is 0. The molecule has 0 heterocycles. The first-order valence-corrected chi connectivity index (χ1v) is 6.45. The second-order valence-electron chi connectivity index (χ2n) is 5.55. The van der Waals surface area contributed by atoms with Crippen molar-refractivity contribution >= 4 is 0 Å². The van der Waals surface area contributed by atoms with E-state index in [2.05, 4.69) is 33.4 Å². The third-order valence-electron chi connectivity index (χ3n) is 4.01. The van der Waals surface area contributed by atoms with Crippen LogP contribution in [0.1, 0.15) is 46.5 Å². The number of allylic oxidation sites excluding steroid dienone is 3. The van der Waals surface area contributed by atoms with Crippen molar-refractivity contribution in [3.8, 4) is 0 Å². The highest BCUT2D eigenvalue weighted by molar-refractivity contribution is 5.04. The Labute approximate surface area is 100 Å². The van der Waals surface area contributed by atoms with Crippen LogP contribution in [0.2, 0.25) is 0 Å². The summed E-state index contributed by atoms with van der Waals surface area (Å²) in [5.41, 5.74) is 2.72. The molecule has 0 spiro atoms. The molecule has 1 aliphatic rings.